The fourth-order valence-electron chi connectivity index (χ4n) is 2.78. The number of carbonyl (C=O) groups excluding carboxylic acids is 3. The Morgan fingerprint density at radius 2 is 1.88 bits per heavy atom. The average Bonchev–Trinajstić information content (AvgIpc) is 3.19. The van der Waals surface area contributed by atoms with Crippen LogP contribution in [0.4, 0.5) is 10.5 Å². The third-order valence-corrected chi connectivity index (χ3v) is 5.03. The second kappa shape index (κ2) is 11.2. The number of hydrogen-bond acceptors (Lipinski definition) is 10. The number of anilines is 1. The van der Waals surface area contributed by atoms with E-state index in [9.17, 15) is 14.4 Å². The summed E-state index contributed by atoms with van der Waals surface area (Å²) >= 11 is 1.49. The Morgan fingerprint density at radius 3 is 2.53 bits per heavy atom. The summed E-state index contributed by atoms with van der Waals surface area (Å²) < 4.78 is 15.8. The number of benzene rings is 1. The van der Waals surface area contributed by atoms with Crippen LogP contribution in [0, 0.1) is 5.92 Å². The molecular formula is C21H30N2O8S. The molecule has 0 spiro atoms. The van der Waals surface area contributed by atoms with Crippen LogP contribution in [-0.2, 0) is 30.5 Å². The molecule has 0 saturated heterocycles. The van der Waals surface area contributed by atoms with Crippen molar-refractivity contribution in [1.29, 1.82) is 0 Å². The normalized spacial score (nSPS) is 14.3. The van der Waals surface area contributed by atoms with E-state index in [0.717, 1.165) is 0 Å². The molecule has 2 unspecified atom stereocenters. The molecule has 1 aliphatic rings. The van der Waals surface area contributed by atoms with Crippen molar-refractivity contribution in [3.63, 3.8) is 0 Å². The van der Waals surface area contributed by atoms with Crippen LogP contribution in [0.15, 0.2) is 12.1 Å². The van der Waals surface area contributed by atoms with E-state index in [4.69, 9.17) is 29.7 Å². The third kappa shape index (κ3) is 7.40. The molecule has 0 fully saturated rings. The first-order valence-corrected chi connectivity index (χ1v) is 11.5. The summed E-state index contributed by atoms with van der Waals surface area (Å²) in [6.45, 7) is 6.82. The molecule has 11 heteroatoms. The van der Waals surface area contributed by atoms with E-state index >= 15 is 0 Å². The van der Waals surface area contributed by atoms with Gasteiger partial charge in [0, 0.05) is 0 Å². The Labute approximate surface area is 191 Å². The number of thioether (sulfide) groups is 1. The van der Waals surface area contributed by atoms with Crippen molar-refractivity contribution >= 4 is 35.5 Å². The Morgan fingerprint density at radius 1 is 1.19 bits per heavy atom. The number of ether oxygens (including phenoxy) is 3. The van der Waals surface area contributed by atoms with Crippen LogP contribution < -0.4 is 20.5 Å². The fraction of sp³-hybridized carbons (Fsp3) is 0.571. The molecule has 2 rings (SSSR count). The van der Waals surface area contributed by atoms with Gasteiger partial charge in [-0.05, 0) is 57.3 Å². The van der Waals surface area contributed by atoms with Crippen molar-refractivity contribution in [1.82, 2.24) is 5.32 Å². The zero-order chi connectivity index (χ0) is 23.9. The number of alkyl carbamates (subject to hydrolysis) is 1. The lowest BCUT2D eigenvalue weighted by Gasteiger charge is -2.22. The summed E-state index contributed by atoms with van der Waals surface area (Å²) in [5, 5.41) is 2.45. The van der Waals surface area contributed by atoms with Gasteiger partial charge >= 0.3 is 18.0 Å². The average molecular weight is 471 g/mol. The van der Waals surface area contributed by atoms with E-state index in [1.54, 1.807) is 39.8 Å². The summed E-state index contributed by atoms with van der Waals surface area (Å²) in [5.41, 5.74) is 6.42. The maximum absolute atomic E-state index is 12.4. The van der Waals surface area contributed by atoms with Crippen molar-refractivity contribution in [2.24, 2.45) is 5.92 Å². The van der Waals surface area contributed by atoms with Crippen LogP contribution >= 0.6 is 11.8 Å². The van der Waals surface area contributed by atoms with E-state index in [0.29, 0.717) is 28.5 Å². The van der Waals surface area contributed by atoms with Gasteiger partial charge < -0.3 is 25.3 Å². The fourth-order valence-corrected chi connectivity index (χ4v) is 3.25. The Kier molecular flexibility index (Phi) is 8.88. The molecule has 1 aromatic rings. The number of hydrogen-bond donors (Lipinski definition) is 2. The van der Waals surface area contributed by atoms with Crippen LogP contribution in [0.2, 0.25) is 0 Å². The topological polar surface area (TPSA) is 135 Å². The highest BCUT2D eigenvalue weighted by Crippen LogP contribution is 2.40. The van der Waals surface area contributed by atoms with Crippen LogP contribution in [-0.4, -0.2) is 48.5 Å². The summed E-state index contributed by atoms with van der Waals surface area (Å²) in [6, 6.07) is 2.43. The SMILES string of the molecule is CSCCC(NC(=O)OC(C)(C)C)C(=O)OOC(=O)C(C)Cc1ccc2c(c1N)OCO2. The molecule has 1 heterocycles. The first-order chi connectivity index (χ1) is 15.0. The van der Waals surface area contributed by atoms with Gasteiger partial charge in [-0.2, -0.15) is 11.8 Å². The van der Waals surface area contributed by atoms with E-state index < -0.39 is 35.6 Å². The lowest BCUT2D eigenvalue weighted by atomic mass is 9.99. The quantitative estimate of drug-likeness (QED) is 0.332. The summed E-state index contributed by atoms with van der Waals surface area (Å²) in [6.07, 6.45) is 1.61. The van der Waals surface area contributed by atoms with Gasteiger partial charge in [-0.3, -0.25) is 0 Å². The molecule has 3 N–H and O–H groups in total. The Hall–Kier alpha value is -2.82. The Bertz CT molecular complexity index is 840. The summed E-state index contributed by atoms with van der Waals surface area (Å²) in [7, 11) is 0. The molecule has 178 valence electrons. The van der Waals surface area contributed by atoms with Gasteiger partial charge in [-0.1, -0.05) is 13.0 Å². The van der Waals surface area contributed by atoms with Crippen LogP contribution in [0.3, 0.4) is 0 Å². The second-order valence-electron chi connectivity index (χ2n) is 8.26. The predicted octanol–water partition coefficient (Wildman–Crippen LogP) is 2.82. The highest BCUT2D eigenvalue weighted by molar-refractivity contribution is 7.98. The molecule has 0 bridgehead atoms. The maximum atomic E-state index is 12.4. The van der Waals surface area contributed by atoms with Gasteiger partial charge in [0.2, 0.25) is 6.79 Å². The third-order valence-electron chi connectivity index (χ3n) is 4.39. The molecule has 10 nitrogen and oxygen atoms in total. The first kappa shape index (κ1) is 25.4. The number of amides is 1. The summed E-state index contributed by atoms with van der Waals surface area (Å²) in [4.78, 5) is 46.2. The second-order valence-corrected chi connectivity index (χ2v) is 9.25. The zero-order valence-corrected chi connectivity index (χ0v) is 19.7. The Balaban J connectivity index is 1.91. The number of nitrogen functional groups attached to an aromatic ring is 1. The molecule has 1 amide bonds. The minimum Gasteiger partial charge on any atom is -0.454 e. The van der Waals surface area contributed by atoms with Gasteiger partial charge in [0.15, 0.2) is 11.5 Å². The molecule has 1 aromatic carbocycles. The number of rotatable bonds is 8. The summed E-state index contributed by atoms with van der Waals surface area (Å²) in [5.74, 6) is -0.745. The molecular weight excluding hydrogens is 440 g/mol. The molecule has 32 heavy (non-hydrogen) atoms. The maximum Gasteiger partial charge on any atom is 0.408 e. The number of carbonyl (C=O) groups is 3. The van der Waals surface area contributed by atoms with Crippen molar-refractivity contribution in [2.75, 3.05) is 24.5 Å². The standard InChI is InChI=1S/C21H30N2O8S/c1-12(10-13-6-7-15-17(16(13)22)28-11-27-15)18(24)30-31-19(25)14(8-9-32-5)23-20(26)29-21(2,3)4/h6-7,12,14H,8-11,22H2,1-5H3,(H,23,26). The van der Waals surface area contributed by atoms with E-state index in [2.05, 4.69) is 5.32 Å². The van der Waals surface area contributed by atoms with Crippen LogP contribution in [0.5, 0.6) is 11.5 Å². The number of nitrogens with one attached hydrogen (secondary N) is 1. The van der Waals surface area contributed by atoms with E-state index in [-0.39, 0.29) is 19.6 Å². The monoisotopic (exact) mass is 470 g/mol. The first-order valence-electron chi connectivity index (χ1n) is 10.1. The van der Waals surface area contributed by atoms with E-state index in [1.807, 2.05) is 6.26 Å². The van der Waals surface area contributed by atoms with Gasteiger partial charge in [0.1, 0.15) is 11.6 Å². The largest absolute Gasteiger partial charge is 0.454 e. The van der Waals surface area contributed by atoms with Gasteiger partial charge in [0.05, 0.1) is 11.6 Å². The van der Waals surface area contributed by atoms with Crippen LogP contribution in [0.25, 0.3) is 0 Å². The van der Waals surface area contributed by atoms with Crippen LogP contribution in [0.1, 0.15) is 39.7 Å². The minimum absolute atomic E-state index is 0.0889. The van der Waals surface area contributed by atoms with Crippen molar-refractivity contribution in [3.05, 3.63) is 17.7 Å². The number of nitrogens with two attached hydrogens (primary N) is 1. The highest BCUT2D eigenvalue weighted by atomic mass is 32.2. The molecule has 2 atom stereocenters. The number of fused-ring (bicyclic) bond motifs is 1. The molecule has 0 aromatic heterocycles. The predicted molar refractivity (Wildman–Crippen MR) is 118 cm³/mol. The molecule has 0 saturated carbocycles. The van der Waals surface area contributed by atoms with E-state index in [1.165, 1.54) is 11.8 Å². The zero-order valence-electron chi connectivity index (χ0n) is 18.9. The lowest BCUT2D eigenvalue weighted by molar-refractivity contribution is -0.263. The lowest BCUT2D eigenvalue weighted by Crippen LogP contribution is -2.44. The van der Waals surface area contributed by atoms with Gasteiger partial charge in [0.25, 0.3) is 0 Å². The van der Waals surface area contributed by atoms with Crippen molar-refractivity contribution in [2.45, 2.75) is 52.2 Å². The van der Waals surface area contributed by atoms with Crippen molar-refractivity contribution in [3.8, 4) is 11.5 Å². The van der Waals surface area contributed by atoms with Crippen molar-refractivity contribution < 1.29 is 38.4 Å². The highest BCUT2D eigenvalue weighted by Gasteiger charge is 2.28. The molecule has 1 aliphatic heterocycles. The van der Waals surface area contributed by atoms with Gasteiger partial charge in [-0.15, -0.1) is 0 Å². The molecule has 0 radical (unpaired) electrons. The smallest absolute Gasteiger partial charge is 0.408 e. The minimum atomic E-state index is -1.02. The van der Waals surface area contributed by atoms with Gasteiger partial charge in [-0.25, -0.2) is 24.2 Å². The molecule has 0 aliphatic carbocycles.